The SMILES string of the molecule is CN=C(NCCC(=O)N(C)C)NCC1CCCN1Cc1ccccc1.I. The number of guanidine groups is 1. The van der Waals surface area contributed by atoms with Crippen molar-refractivity contribution in [1.82, 2.24) is 20.4 Å². The van der Waals surface area contributed by atoms with Crippen LogP contribution in [-0.2, 0) is 11.3 Å². The summed E-state index contributed by atoms with van der Waals surface area (Å²) in [6, 6.07) is 11.1. The summed E-state index contributed by atoms with van der Waals surface area (Å²) in [4.78, 5) is 20.0. The molecule has 7 heteroatoms. The third-order valence-corrected chi connectivity index (χ3v) is 4.59. The number of amides is 1. The molecule has 1 unspecified atom stereocenters. The van der Waals surface area contributed by atoms with Crippen LogP contribution >= 0.6 is 24.0 Å². The summed E-state index contributed by atoms with van der Waals surface area (Å²) in [6.07, 6.45) is 2.91. The third-order valence-electron chi connectivity index (χ3n) is 4.59. The van der Waals surface area contributed by atoms with E-state index in [1.165, 1.54) is 18.4 Å². The van der Waals surface area contributed by atoms with E-state index in [1.807, 2.05) is 0 Å². The first-order chi connectivity index (χ1) is 12.1. The van der Waals surface area contributed by atoms with Gasteiger partial charge < -0.3 is 15.5 Å². The number of nitrogens with zero attached hydrogens (tertiary/aromatic N) is 3. The minimum atomic E-state index is 0. The van der Waals surface area contributed by atoms with Gasteiger partial charge in [0.05, 0.1) is 0 Å². The summed E-state index contributed by atoms with van der Waals surface area (Å²) in [6.45, 7) is 3.60. The molecule has 26 heavy (non-hydrogen) atoms. The largest absolute Gasteiger partial charge is 0.356 e. The predicted molar refractivity (Wildman–Crippen MR) is 118 cm³/mol. The van der Waals surface area contributed by atoms with Gasteiger partial charge in [-0.05, 0) is 24.9 Å². The molecular formula is C19H32IN5O. The van der Waals surface area contributed by atoms with Crippen LogP contribution in [0.1, 0.15) is 24.8 Å². The third kappa shape index (κ3) is 7.49. The van der Waals surface area contributed by atoms with Crippen LogP contribution in [0, 0.1) is 0 Å². The Morgan fingerprint density at radius 2 is 2.00 bits per heavy atom. The fraction of sp³-hybridized carbons (Fsp3) is 0.579. The van der Waals surface area contributed by atoms with E-state index in [1.54, 1.807) is 26.0 Å². The number of aliphatic imine (C=N–C) groups is 1. The highest BCUT2D eigenvalue weighted by molar-refractivity contribution is 14.0. The van der Waals surface area contributed by atoms with Gasteiger partial charge in [-0.15, -0.1) is 24.0 Å². The molecule has 0 radical (unpaired) electrons. The summed E-state index contributed by atoms with van der Waals surface area (Å²) in [5.74, 6) is 0.880. The Hall–Kier alpha value is -1.35. The lowest BCUT2D eigenvalue weighted by atomic mass is 10.2. The minimum Gasteiger partial charge on any atom is -0.356 e. The summed E-state index contributed by atoms with van der Waals surface area (Å²) < 4.78 is 0. The Kier molecular flexibility index (Phi) is 10.6. The zero-order valence-electron chi connectivity index (χ0n) is 16.1. The number of carbonyl (C=O) groups is 1. The van der Waals surface area contributed by atoms with Crippen LogP contribution in [0.3, 0.4) is 0 Å². The number of hydrogen-bond acceptors (Lipinski definition) is 3. The maximum atomic E-state index is 11.6. The van der Waals surface area contributed by atoms with E-state index in [-0.39, 0.29) is 29.9 Å². The molecule has 0 spiro atoms. The first-order valence-corrected chi connectivity index (χ1v) is 9.03. The van der Waals surface area contributed by atoms with E-state index in [0.29, 0.717) is 19.0 Å². The van der Waals surface area contributed by atoms with Crippen molar-refractivity contribution in [3.63, 3.8) is 0 Å². The Labute approximate surface area is 174 Å². The van der Waals surface area contributed by atoms with Crippen LogP contribution in [0.15, 0.2) is 35.3 Å². The number of nitrogens with one attached hydrogen (secondary N) is 2. The Balaban J connectivity index is 0.00000338. The first kappa shape index (κ1) is 22.7. The topological polar surface area (TPSA) is 60.0 Å². The van der Waals surface area contributed by atoms with Gasteiger partial charge in [0.25, 0.3) is 0 Å². The molecule has 0 aromatic heterocycles. The van der Waals surface area contributed by atoms with E-state index < -0.39 is 0 Å². The van der Waals surface area contributed by atoms with Crippen molar-refractivity contribution in [3.8, 4) is 0 Å². The number of likely N-dealkylation sites (tertiary alicyclic amines) is 1. The highest BCUT2D eigenvalue weighted by atomic mass is 127. The molecule has 1 aromatic rings. The fourth-order valence-electron chi connectivity index (χ4n) is 3.10. The lowest BCUT2D eigenvalue weighted by molar-refractivity contribution is -0.128. The lowest BCUT2D eigenvalue weighted by Crippen LogP contribution is -2.45. The molecule has 0 bridgehead atoms. The molecule has 6 nitrogen and oxygen atoms in total. The van der Waals surface area contributed by atoms with Crippen LogP contribution in [0.25, 0.3) is 0 Å². The average molecular weight is 473 g/mol. The van der Waals surface area contributed by atoms with E-state index in [4.69, 9.17) is 0 Å². The molecule has 1 heterocycles. The van der Waals surface area contributed by atoms with Gasteiger partial charge in [-0.1, -0.05) is 30.3 Å². The highest BCUT2D eigenvalue weighted by Crippen LogP contribution is 2.19. The van der Waals surface area contributed by atoms with Crippen molar-refractivity contribution < 1.29 is 4.79 Å². The second-order valence-electron chi connectivity index (χ2n) is 6.67. The van der Waals surface area contributed by atoms with Gasteiger partial charge in [0.15, 0.2) is 5.96 Å². The number of halogens is 1. The first-order valence-electron chi connectivity index (χ1n) is 9.03. The van der Waals surface area contributed by atoms with Crippen molar-refractivity contribution in [3.05, 3.63) is 35.9 Å². The zero-order chi connectivity index (χ0) is 18.1. The fourth-order valence-corrected chi connectivity index (χ4v) is 3.10. The van der Waals surface area contributed by atoms with Gasteiger partial charge in [-0.2, -0.15) is 0 Å². The monoisotopic (exact) mass is 473 g/mol. The number of benzene rings is 1. The second-order valence-corrected chi connectivity index (χ2v) is 6.67. The molecule has 1 aromatic carbocycles. The van der Waals surface area contributed by atoms with Gasteiger partial charge in [-0.25, -0.2) is 0 Å². The molecule has 1 fully saturated rings. The van der Waals surface area contributed by atoms with Crippen LogP contribution < -0.4 is 10.6 Å². The highest BCUT2D eigenvalue weighted by Gasteiger charge is 2.24. The smallest absolute Gasteiger partial charge is 0.223 e. The zero-order valence-corrected chi connectivity index (χ0v) is 18.4. The minimum absolute atomic E-state index is 0. The molecule has 146 valence electrons. The predicted octanol–water partition coefficient (Wildman–Crippen LogP) is 1.91. The quantitative estimate of drug-likeness (QED) is 0.361. The molecule has 2 N–H and O–H groups in total. The number of rotatable bonds is 7. The van der Waals surface area contributed by atoms with Crippen molar-refractivity contribution in [1.29, 1.82) is 0 Å². The van der Waals surface area contributed by atoms with E-state index >= 15 is 0 Å². The number of hydrogen-bond donors (Lipinski definition) is 2. The van der Waals surface area contributed by atoms with E-state index in [9.17, 15) is 4.79 Å². The number of carbonyl (C=O) groups excluding carboxylic acids is 1. The molecule has 0 saturated carbocycles. The molecule has 1 saturated heterocycles. The molecular weight excluding hydrogens is 441 g/mol. The molecule has 2 rings (SSSR count). The molecule has 1 atom stereocenters. The van der Waals surface area contributed by atoms with Crippen LogP contribution in [-0.4, -0.2) is 68.5 Å². The summed E-state index contributed by atoms with van der Waals surface area (Å²) >= 11 is 0. The maximum Gasteiger partial charge on any atom is 0.223 e. The molecule has 1 amide bonds. The average Bonchev–Trinajstić information content (AvgIpc) is 3.05. The van der Waals surface area contributed by atoms with Gasteiger partial charge in [0.1, 0.15) is 0 Å². The maximum absolute atomic E-state index is 11.6. The van der Waals surface area contributed by atoms with Crippen LogP contribution in [0.5, 0.6) is 0 Å². The lowest BCUT2D eigenvalue weighted by Gasteiger charge is -2.25. The van der Waals surface area contributed by atoms with Gasteiger partial charge >= 0.3 is 0 Å². The van der Waals surface area contributed by atoms with Gasteiger partial charge in [-0.3, -0.25) is 14.7 Å². The van der Waals surface area contributed by atoms with E-state index in [0.717, 1.165) is 25.6 Å². The van der Waals surface area contributed by atoms with Crippen molar-refractivity contribution in [2.75, 3.05) is 40.8 Å². The van der Waals surface area contributed by atoms with Crippen LogP contribution in [0.4, 0.5) is 0 Å². The normalized spacial score (nSPS) is 17.5. The Bertz CT molecular complexity index is 564. The van der Waals surface area contributed by atoms with Gasteiger partial charge in [0, 0.05) is 53.2 Å². The Morgan fingerprint density at radius 1 is 1.27 bits per heavy atom. The molecule has 1 aliphatic rings. The summed E-state index contributed by atoms with van der Waals surface area (Å²) in [5, 5.41) is 6.62. The Morgan fingerprint density at radius 3 is 2.65 bits per heavy atom. The summed E-state index contributed by atoms with van der Waals surface area (Å²) in [5.41, 5.74) is 1.36. The second kappa shape index (κ2) is 12.1. The van der Waals surface area contributed by atoms with Crippen molar-refractivity contribution >= 4 is 35.8 Å². The molecule has 1 aliphatic heterocycles. The standard InChI is InChI=1S/C19H31N5O.HI/c1-20-19(21-12-11-18(25)23(2)3)22-14-17-10-7-13-24(17)15-16-8-5-4-6-9-16;/h4-6,8-9,17H,7,10-15H2,1-3H3,(H2,20,21,22);1H. The van der Waals surface area contributed by atoms with Crippen molar-refractivity contribution in [2.24, 2.45) is 4.99 Å². The van der Waals surface area contributed by atoms with Crippen LogP contribution in [0.2, 0.25) is 0 Å². The molecule has 0 aliphatic carbocycles. The van der Waals surface area contributed by atoms with E-state index in [2.05, 4.69) is 50.9 Å². The van der Waals surface area contributed by atoms with Crippen molar-refractivity contribution in [2.45, 2.75) is 31.8 Å². The summed E-state index contributed by atoms with van der Waals surface area (Å²) in [7, 11) is 5.31. The van der Waals surface area contributed by atoms with Gasteiger partial charge in [0.2, 0.25) is 5.91 Å².